The molecular formula is C23H31N3O6. The molecule has 0 spiro atoms. The van der Waals surface area contributed by atoms with Gasteiger partial charge in [0, 0.05) is 17.5 Å². The molecule has 1 aromatic heterocycles. The van der Waals surface area contributed by atoms with Gasteiger partial charge in [0.05, 0.1) is 18.7 Å². The van der Waals surface area contributed by atoms with Gasteiger partial charge in [-0.1, -0.05) is 32.0 Å². The summed E-state index contributed by atoms with van der Waals surface area (Å²) < 4.78 is 5.72. The number of furan rings is 1. The highest BCUT2D eigenvalue weighted by molar-refractivity contribution is 6.00. The Bertz CT molecular complexity index is 985. The van der Waals surface area contributed by atoms with Crippen molar-refractivity contribution in [3.63, 3.8) is 0 Å². The number of β-amino-alcohol motifs (C(OH)–C–C–N with tert-alkyl or cyclic N) is 1. The van der Waals surface area contributed by atoms with Crippen LogP contribution in [-0.2, 0) is 4.79 Å². The number of hydrogen-bond acceptors (Lipinski definition) is 5. The van der Waals surface area contributed by atoms with E-state index < -0.39 is 36.1 Å². The maximum atomic E-state index is 13.0. The summed E-state index contributed by atoms with van der Waals surface area (Å²) in [6.07, 6.45) is -0.746. The van der Waals surface area contributed by atoms with Crippen LogP contribution in [0.15, 0.2) is 28.7 Å². The summed E-state index contributed by atoms with van der Waals surface area (Å²) in [6.45, 7) is 5.93. The van der Waals surface area contributed by atoms with E-state index in [1.807, 2.05) is 32.0 Å². The third kappa shape index (κ3) is 5.40. The number of nitrogens with zero attached hydrogens (tertiary/aromatic N) is 1. The zero-order valence-electron chi connectivity index (χ0n) is 18.6. The van der Waals surface area contributed by atoms with Gasteiger partial charge in [-0.25, -0.2) is 4.79 Å². The molecule has 9 heteroatoms. The number of carbonyl (C=O) groups is 3. The molecule has 3 rings (SSSR count). The average molecular weight is 446 g/mol. The lowest BCUT2D eigenvalue weighted by Gasteiger charge is -2.27. The largest absolute Gasteiger partial charge is 0.465 e. The van der Waals surface area contributed by atoms with Crippen molar-refractivity contribution in [2.75, 3.05) is 13.1 Å². The minimum absolute atomic E-state index is 0.0698. The van der Waals surface area contributed by atoms with Crippen LogP contribution in [0.1, 0.15) is 49.2 Å². The van der Waals surface area contributed by atoms with E-state index in [0.717, 1.165) is 10.3 Å². The number of aliphatic hydroxyl groups is 1. The number of carbonyl (C=O) groups excluding carboxylic acids is 2. The van der Waals surface area contributed by atoms with Crippen molar-refractivity contribution in [3.8, 4) is 0 Å². The zero-order chi connectivity index (χ0) is 23.4. The Balaban J connectivity index is 1.72. The molecule has 0 saturated carbocycles. The van der Waals surface area contributed by atoms with Crippen LogP contribution >= 0.6 is 0 Å². The molecule has 1 aliphatic rings. The molecular weight excluding hydrogens is 414 g/mol. The molecule has 1 aliphatic heterocycles. The maximum Gasteiger partial charge on any atom is 0.407 e. The molecule has 174 valence electrons. The van der Waals surface area contributed by atoms with Gasteiger partial charge in [-0.05, 0) is 38.2 Å². The number of hydrogen-bond donors (Lipinski definition) is 4. The predicted molar refractivity (Wildman–Crippen MR) is 118 cm³/mol. The molecule has 32 heavy (non-hydrogen) atoms. The first-order chi connectivity index (χ1) is 15.2. The van der Waals surface area contributed by atoms with Crippen molar-refractivity contribution in [2.24, 2.45) is 5.92 Å². The van der Waals surface area contributed by atoms with Crippen molar-refractivity contribution in [3.05, 3.63) is 35.6 Å². The first-order valence-corrected chi connectivity index (χ1v) is 10.9. The topological polar surface area (TPSA) is 132 Å². The molecule has 3 atom stereocenters. The number of aryl methyl sites for hydroxylation is 1. The maximum absolute atomic E-state index is 13.0. The Kier molecular flexibility index (Phi) is 7.40. The van der Waals surface area contributed by atoms with Crippen LogP contribution in [0, 0.1) is 12.8 Å². The number of para-hydroxylation sites is 1. The number of aliphatic hydroxyl groups excluding tert-OH is 1. The van der Waals surface area contributed by atoms with E-state index in [-0.39, 0.29) is 18.2 Å². The van der Waals surface area contributed by atoms with Gasteiger partial charge in [0.25, 0.3) is 5.91 Å². The third-order valence-electron chi connectivity index (χ3n) is 5.79. The Morgan fingerprint density at radius 1 is 1.25 bits per heavy atom. The van der Waals surface area contributed by atoms with Gasteiger partial charge in [0.2, 0.25) is 5.91 Å². The molecule has 2 aromatic rings. The molecule has 1 fully saturated rings. The van der Waals surface area contributed by atoms with Gasteiger partial charge < -0.3 is 30.2 Å². The Morgan fingerprint density at radius 2 is 1.97 bits per heavy atom. The van der Waals surface area contributed by atoms with Crippen LogP contribution in [0.5, 0.6) is 0 Å². The van der Waals surface area contributed by atoms with Gasteiger partial charge in [-0.15, -0.1) is 0 Å². The quantitative estimate of drug-likeness (QED) is 0.540. The Hall–Kier alpha value is -3.07. The Labute approximate surface area is 186 Å². The summed E-state index contributed by atoms with van der Waals surface area (Å²) >= 11 is 0. The van der Waals surface area contributed by atoms with Crippen molar-refractivity contribution in [2.45, 2.75) is 58.2 Å². The van der Waals surface area contributed by atoms with E-state index in [1.165, 1.54) is 0 Å². The van der Waals surface area contributed by atoms with E-state index >= 15 is 0 Å². The van der Waals surface area contributed by atoms with Crippen molar-refractivity contribution >= 4 is 28.9 Å². The first kappa shape index (κ1) is 23.6. The standard InChI is InChI=1S/C23H31N3O6/c1-13(2)11-17(21(28)24-16-8-6-10-26(23(30)31)12-18(16)27)25-22(29)20-14(3)15-7-4-5-9-19(15)32-20/h4-5,7,9,13,16-18,27H,6,8,10-12H2,1-3H3,(H,24,28)(H,25,29)(H,30,31)/t16?,17-,18?/m0/s1. The van der Waals surface area contributed by atoms with E-state index in [4.69, 9.17) is 4.42 Å². The Morgan fingerprint density at radius 3 is 2.62 bits per heavy atom. The number of nitrogens with one attached hydrogen (secondary N) is 2. The number of rotatable bonds is 6. The fourth-order valence-corrected chi connectivity index (χ4v) is 4.08. The van der Waals surface area contributed by atoms with Gasteiger partial charge >= 0.3 is 6.09 Å². The molecule has 0 aliphatic carbocycles. The molecule has 4 N–H and O–H groups in total. The highest BCUT2D eigenvalue weighted by atomic mass is 16.4. The number of likely N-dealkylation sites (tertiary alicyclic amines) is 1. The minimum Gasteiger partial charge on any atom is -0.465 e. The van der Waals surface area contributed by atoms with Crippen LogP contribution in [0.25, 0.3) is 11.0 Å². The van der Waals surface area contributed by atoms with Crippen LogP contribution in [-0.4, -0.2) is 64.3 Å². The lowest BCUT2D eigenvalue weighted by atomic mass is 10.0. The van der Waals surface area contributed by atoms with Gasteiger partial charge in [0.1, 0.15) is 11.6 Å². The van der Waals surface area contributed by atoms with Crippen molar-refractivity contribution < 1.29 is 29.0 Å². The summed E-state index contributed by atoms with van der Waals surface area (Å²) in [4.78, 5) is 38.4. The lowest BCUT2D eigenvalue weighted by molar-refractivity contribution is -0.125. The van der Waals surface area contributed by atoms with Crippen LogP contribution < -0.4 is 10.6 Å². The van der Waals surface area contributed by atoms with Gasteiger partial charge in [0.15, 0.2) is 5.76 Å². The molecule has 2 unspecified atom stereocenters. The van der Waals surface area contributed by atoms with Crippen LogP contribution in [0.3, 0.4) is 0 Å². The van der Waals surface area contributed by atoms with Crippen LogP contribution in [0.4, 0.5) is 4.79 Å². The molecule has 3 amide bonds. The van der Waals surface area contributed by atoms with Gasteiger partial charge in [-0.2, -0.15) is 0 Å². The minimum atomic E-state index is -1.10. The van der Waals surface area contributed by atoms with Crippen molar-refractivity contribution in [1.82, 2.24) is 15.5 Å². The third-order valence-corrected chi connectivity index (χ3v) is 5.79. The summed E-state index contributed by atoms with van der Waals surface area (Å²) in [7, 11) is 0. The number of carboxylic acid groups (broad SMARTS) is 1. The second kappa shape index (κ2) is 10.0. The molecule has 2 heterocycles. The monoisotopic (exact) mass is 445 g/mol. The molecule has 1 aromatic carbocycles. The predicted octanol–water partition coefficient (Wildman–Crippen LogP) is 2.51. The summed E-state index contributed by atoms with van der Waals surface area (Å²) in [5, 5.41) is 26.1. The smallest absolute Gasteiger partial charge is 0.407 e. The molecule has 1 saturated heterocycles. The summed E-state index contributed by atoms with van der Waals surface area (Å²) in [5.74, 6) is -0.588. The second-order valence-electron chi connectivity index (χ2n) is 8.76. The summed E-state index contributed by atoms with van der Waals surface area (Å²) in [6, 6.07) is 5.94. The van der Waals surface area contributed by atoms with Gasteiger partial charge in [-0.3, -0.25) is 9.59 Å². The van der Waals surface area contributed by atoms with E-state index in [1.54, 1.807) is 13.0 Å². The number of fused-ring (bicyclic) bond motifs is 1. The normalized spacial score (nSPS) is 20.1. The highest BCUT2D eigenvalue weighted by Gasteiger charge is 2.32. The van der Waals surface area contributed by atoms with Crippen molar-refractivity contribution in [1.29, 1.82) is 0 Å². The first-order valence-electron chi connectivity index (χ1n) is 10.9. The fourth-order valence-electron chi connectivity index (χ4n) is 4.08. The zero-order valence-corrected chi connectivity index (χ0v) is 18.6. The number of benzene rings is 1. The molecule has 0 radical (unpaired) electrons. The molecule has 0 bridgehead atoms. The summed E-state index contributed by atoms with van der Waals surface area (Å²) in [5.41, 5.74) is 1.30. The fraction of sp³-hybridized carbons (Fsp3) is 0.522. The van der Waals surface area contributed by atoms with E-state index in [9.17, 15) is 24.6 Å². The SMILES string of the molecule is Cc1c(C(=O)N[C@@H](CC(C)C)C(=O)NC2CCCN(C(=O)O)CC2O)oc2ccccc12. The highest BCUT2D eigenvalue weighted by Crippen LogP contribution is 2.25. The lowest BCUT2D eigenvalue weighted by Crippen LogP contribution is -2.54. The van der Waals surface area contributed by atoms with E-state index in [0.29, 0.717) is 37.0 Å². The molecule has 9 nitrogen and oxygen atoms in total. The average Bonchev–Trinajstić information content (AvgIpc) is 2.96. The van der Waals surface area contributed by atoms with E-state index in [2.05, 4.69) is 10.6 Å². The van der Waals surface area contributed by atoms with Crippen LogP contribution in [0.2, 0.25) is 0 Å². The second-order valence-corrected chi connectivity index (χ2v) is 8.76. The number of amides is 3.